The largest absolute Gasteiger partial charge is 0.271 e. The summed E-state index contributed by atoms with van der Waals surface area (Å²) in [6.45, 7) is 2.34. The highest BCUT2D eigenvalue weighted by atomic mass is 15.2. The van der Waals surface area contributed by atoms with Crippen molar-refractivity contribution in [3.8, 4) is 0 Å². The molecule has 1 aliphatic rings. The summed E-state index contributed by atoms with van der Waals surface area (Å²) >= 11 is 0. The van der Waals surface area contributed by atoms with Crippen molar-refractivity contribution >= 4 is 10.8 Å². The maximum absolute atomic E-state index is 5.88. The van der Waals surface area contributed by atoms with Gasteiger partial charge in [0.25, 0.3) is 0 Å². The molecule has 1 saturated carbocycles. The molecule has 0 radical (unpaired) electrons. The molecule has 1 atom stereocenters. The van der Waals surface area contributed by atoms with Crippen LogP contribution in [0.25, 0.3) is 10.8 Å². The van der Waals surface area contributed by atoms with Gasteiger partial charge in [0.1, 0.15) is 0 Å². The molecule has 1 unspecified atom stereocenters. The van der Waals surface area contributed by atoms with Crippen molar-refractivity contribution in [3.05, 3.63) is 42.2 Å². The van der Waals surface area contributed by atoms with E-state index in [2.05, 4.69) is 41.6 Å². The highest BCUT2D eigenvalue weighted by Crippen LogP contribution is 2.47. The van der Waals surface area contributed by atoms with E-state index in [1.165, 1.54) is 42.0 Å². The number of nitrogens with one attached hydrogen (secondary N) is 1. The molecule has 1 aromatic carbocycles. The molecule has 1 aromatic heterocycles. The third-order valence-corrected chi connectivity index (χ3v) is 4.62. The highest BCUT2D eigenvalue weighted by Gasteiger charge is 2.38. The minimum atomic E-state index is 0.175. The van der Waals surface area contributed by atoms with Crippen molar-refractivity contribution in [2.45, 2.75) is 38.6 Å². The molecule has 100 valence electrons. The van der Waals surface area contributed by atoms with Gasteiger partial charge in [0.15, 0.2) is 0 Å². The smallest absolute Gasteiger partial charge is 0.0534 e. The molecule has 1 fully saturated rings. The molecule has 1 heterocycles. The van der Waals surface area contributed by atoms with Crippen LogP contribution in [0.1, 0.15) is 44.2 Å². The van der Waals surface area contributed by atoms with Crippen LogP contribution < -0.4 is 11.3 Å². The summed E-state index contributed by atoms with van der Waals surface area (Å²) in [6.07, 6.45) is 8.94. The van der Waals surface area contributed by atoms with E-state index >= 15 is 0 Å². The molecule has 0 amide bonds. The lowest BCUT2D eigenvalue weighted by Gasteiger charge is -2.34. The van der Waals surface area contributed by atoms with E-state index in [0.29, 0.717) is 0 Å². The van der Waals surface area contributed by atoms with Crippen molar-refractivity contribution in [1.82, 2.24) is 10.4 Å². The summed E-state index contributed by atoms with van der Waals surface area (Å²) in [6, 6.07) is 8.58. The molecule has 0 aliphatic heterocycles. The van der Waals surface area contributed by atoms with Crippen LogP contribution in [0.2, 0.25) is 0 Å². The van der Waals surface area contributed by atoms with E-state index in [4.69, 9.17) is 5.84 Å². The number of hydrogen-bond donors (Lipinski definition) is 2. The zero-order chi connectivity index (χ0) is 13.3. The molecule has 19 heavy (non-hydrogen) atoms. The van der Waals surface area contributed by atoms with Crippen molar-refractivity contribution in [1.29, 1.82) is 0 Å². The van der Waals surface area contributed by atoms with Crippen LogP contribution in [-0.2, 0) is 0 Å². The number of hydrazine groups is 1. The molecule has 2 aromatic rings. The van der Waals surface area contributed by atoms with Gasteiger partial charge in [-0.15, -0.1) is 0 Å². The summed E-state index contributed by atoms with van der Waals surface area (Å²) in [7, 11) is 0. The van der Waals surface area contributed by atoms with E-state index in [-0.39, 0.29) is 11.5 Å². The standard InChI is InChI=1S/C16H21N3/c1-16(8-4-5-9-16)15(19-17)14-11-18-10-12-6-2-3-7-13(12)14/h2-3,6-7,10-11,15,19H,4-5,8-9,17H2,1H3. The van der Waals surface area contributed by atoms with Gasteiger partial charge >= 0.3 is 0 Å². The number of hydrogen-bond acceptors (Lipinski definition) is 3. The van der Waals surface area contributed by atoms with Crippen LogP contribution in [0.3, 0.4) is 0 Å². The van der Waals surface area contributed by atoms with Gasteiger partial charge in [0, 0.05) is 17.8 Å². The third-order valence-electron chi connectivity index (χ3n) is 4.62. The summed E-state index contributed by atoms with van der Waals surface area (Å²) in [5, 5.41) is 2.44. The summed E-state index contributed by atoms with van der Waals surface area (Å²) in [4.78, 5) is 4.39. The lowest BCUT2D eigenvalue weighted by molar-refractivity contribution is 0.226. The fraction of sp³-hybridized carbons (Fsp3) is 0.438. The van der Waals surface area contributed by atoms with Crippen molar-refractivity contribution < 1.29 is 0 Å². The van der Waals surface area contributed by atoms with Crippen molar-refractivity contribution in [3.63, 3.8) is 0 Å². The van der Waals surface area contributed by atoms with Crippen LogP contribution in [0, 0.1) is 5.41 Å². The first-order chi connectivity index (χ1) is 9.24. The molecule has 3 N–H and O–H groups in total. The fourth-order valence-electron chi connectivity index (χ4n) is 3.51. The Kier molecular flexibility index (Phi) is 3.25. The number of fused-ring (bicyclic) bond motifs is 1. The Morgan fingerprint density at radius 3 is 2.68 bits per heavy atom. The van der Waals surface area contributed by atoms with Crippen LogP contribution >= 0.6 is 0 Å². The molecule has 3 heteroatoms. The van der Waals surface area contributed by atoms with Crippen LogP contribution in [0.5, 0.6) is 0 Å². The Balaban J connectivity index is 2.11. The summed E-state index contributed by atoms with van der Waals surface area (Å²) in [5.41, 5.74) is 4.52. The van der Waals surface area contributed by atoms with Gasteiger partial charge in [0.2, 0.25) is 0 Å². The first-order valence-electron chi connectivity index (χ1n) is 7.03. The minimum Gasteiger partial charge on any atom is -0.271 e. The van der Waals surface area contributed by atoms with Gasteiger partial charge in [-0.1, -0.05) is 44.0 Å². The predicted molar refractivity (Wildman–Crippen MR) is 78.4 cm³/mol. The van der Waals surface area contributed by atoms with E-state index in [9.17, 15) is 0 Å². The zero-order valence-electron chi connectivity index (χ0n) is 11.4. The molecule has 1 aliphatic carbocycles. The summed E-state index contributed by atoms with van der Waals surface area (Å²) < 4.78 is 0. The van der Waals surface area contributed by atoms with Gasteiger partial charge in [-0.3, -0.25) is 16.3 Å². The topological polar surface area (TPSA) is 50.9 Å². The van der Waals surface area contributed by atoms with Crippen LogP contribution in [0.4, 0.5) is 0 Å². The molecular weight excluding hydrogens is 234 g/mol. The number of pyridine rings is 1. The summed E-state index contributed by atoms with van der Waals surface area (Å²) in [5.74, 6) is 5.88. The number of benzene rings is 1. The van der Waals surface area contributed by atoms with E-state index in [1.54, 1.807) is 0 Å². The highest BCUT2D eigenvalue weighted by molar-refractivity contribution is 5.85. The second-order valence-electron chi connectivity index (χ2n) is 5.91. The average molecular weight is 255 g/mol. The third kappa shape index (κ3) is 2.13. The molecule has 0 spiro atoms. The number of aromatic nitrogens is 1. The monoisotopic (exact) mass is 255 g/mol. The van der Waals surface area contributed by atoms with E-state index in [0.717, 1.165) is 0 Å². The molecule has 3 rings (SSSR count). The number of rotatable bonds is 3. The Morgan fingerprint density at radius 1 is 1.21 bits per heavy atom. The molecule has 3 nitrogen and oxygen atoms in total. The predicted octanol–water partition coefficient (Wildman–Crippen LogP) is 3.32. The van der Waals surface area contributed by atoms with E-state index in [1.807, 2.05) is 12.4 Å². The second-order valence-corrected chi connectivity index (χ2v) is 5.91. The Morgan fingerprint density at radius 2 is 1.95 bits per heavy atom. The van der Waals surface area contributed by atoms with Crippen molar-refractivity contribution in [2.75, 3.05) is 0 Å². The van der Waals surface area contributed by atoms with E-state index < -0.39 is 0 Å². The van der Waals surface area contributed by atoms with Crippen LogP contribution in [0.15, 0.2) is 36.7 Å². The molecular formula is C16H21N3. The Labute approximate surface area is 114 Å². The first-order valence-corrected chi connectivity index (χ1v) is 7.03. The second kappa shape index (κ2) is 4.91. The van der Waals surface area contributed by atoms with Gasteiger partial charge in [-0.2, -0.15) is 0 Å². The van der Waals surface area contributed by atoms with Crippen molar-refractivity contribution in [2.24, 2.45) is 11.3 Å². The normalized spacial score (nSPS) is 19.7. The quantitative estimate of drug-likeness (QED) is 0.653. The zero-order valence-corrected chi connectivity index (χ0v) is 11.4. The van der Waals surface area contributed by atoms with Gasteiger partial charge in [-0.05, 0) is 29.2 Å². The first kappa shape index (κ1) is 12.6. The van der Waals surface area contributed by atoms with Crippen LogP contribution in [-0.4, -0.2) is 4.98 Å². The SMILES string of the molecule is CC1(C(NN)c2cncc3ccccc23)CCCC1. The molecule has 0 saturated heterocycles. The number of nitrogens with zero attached hydrogens (tertiary/aromatic N) is 1. The fourth-order valence-corrected chi connectivity index (χ4v) is 3.51. The Bertz CT molecular complexity index is 568. The number of nitrogens with two attached hydrogens (primary N) is 1. The average Bonchev–Trinajstić information content (AvgIpc) is 2.87. The van der Waals surface area contributed by atoms with Gasteiger partial charge in [0.05, 0.1) is 6.04 Å². The lowest BCUT2D eigenvalue weighted by atomic mass is 9.77. The van der Waals surface area contributed by atoms with Gasteiger partial charge < -0.3 is 0 Å². The molecule has 0 bridgehead atoms. The minimum absolute atomic E-state index is 0.175. The van der Waals surface area contributed by atoms with Gasteiger partial charge in [-0.25, -0.2) is 0 Å². The Hall–Kier alpha value is -1.45. The maximum atomic E-state index is 5.88. The lowest BCUT2D eigenvalue weighted by Crippen LogP contribution is -2.38. The maximum Gasteiger partial charge on any atom is 0.0534 e.